The summed E-state index contributed by atoms with van der Waals surface area (Å²) >= 11 is 0. The van der Waals surface area contributed by atoms with Gasteiger partial charge in [-0.1, -0.05) is 18.1 Å². The Bertz CT molecular complexity index is 449. The molecule has 1 amide bonds. The average molecular weight is 253 g/mol. The molecule has 0 spiro atoms. The highest BCUT2D eigenvalue weighted by atomic mass is 19.1. The van der Waals surface area contributed by atoms with Gasteiger partial charge in [0.05, 0.1) is 0 Å². The molecule has 1 unspecified atom stereocenters. The van der Waals surface area contributed by atoms with Crippen LogP contribution >= 0.6 is 0 Å². The lowest BCUT2D eigenvalue weighted by atomic mass is 10.1. The molecule has 0 bridgehead atoms. The third-order valence-corrected chi connectivity index (χ3v) is 2.50. The maximum absolute atomic E-state index is 13.0. The number of nitrogens with two attached hydrogens (primary N) is 1. The molecule has 0 aliphatic rings. The highest BCUT2D eigenvalue weighted by Crippen LogP contribution is 2.05. The summed E-state index contributed by atoms with van der Waals surface area (Å²) in [5, 5.41) is 14.0. The molecule has 1 aromatic rings. The standard InChI is InChI=1S/C12H16FN3O2/c1-2-10(7-11(14)16-18)15-12(17)8-4-3-5-9(13)6-8/h3-6,10,18H,2,7H2,1H3,(H2,14,16)(H,15,17). The first-order chi connectivity index (χ1) is 8.56. The Hall–Kier alpha value is -2.11. The monoisotopic (exact) mass is 253 g/mol. The summed E-state index contributed by atoms with van der Waals surface area (Å²) in [6.45, 7) is 1.86. The Kier molecular flexibility index (Phi) is 5.10. The van der Waals surface area contributed by atoms with Crippen LogP contribution in [0.5, 0.6) is 0 Å². The molecule has 0 aliphatic heterocycles. The molecule has 4 N–H and O–H groups in total. The summed E-state index contributed by atoms with van der Waals surface area (Å²) in [5.74, 6) is -0.805. The molecule has 1 aromatic carbocycles. The second-order valence-electron chi connectivity index (χ2n) is 3.88. The summed E-state index contributed by atoms with van der Waals surface area (Å²) in [7, 11) is 0. The topological polar surface area (TPSA) is 87.7 Å². The molecule has 0 aromatic heterocycles. The van der Waals surface area contributed by atoms with Crippen molar-refractivity contribution in [3.05, 3.63) is 35.6 Å². The van der Waals surface area contributed by atoms with Gasteiger partial charge in [0, 0.05) is 18.0 Å². The van der Waals surface area contributed by atoms with Gasteiger partial charge in [0.2, 0.25) is 0 Å². The van der Waals surface area contributed by atoms with Crippen LogP contribution in [0.4, 0.5) is 4.39 Å². The lowest BCUT2D eigenvalue weighted by Crippen LogP contribution is -2.37. The van der Waals surface area contributed by atoms with E-state index in [1.165, 1.54) is 18.2 Å². The Morgan fingerprint density at radius 1 is 1.61 bits per heavy atom. The van der Waals surface area contributed by atoms with Crippen LogP contribution in [0.3, 0.4) is 0 Å². The number of halogens is 1. The van der Waals surface area contributed by atoms with E-state index in [0.717, 1.165) is 6.07 Å². The predicted molar refractivity (Wildman–Crippen MR) is 66.0 cm³/mol. The van der Waals surface area contributed by atoms with Crippen LogP contribution in [0.15, 0.2) is 29.4 Å². The first kappa shape index (κ1) is 14.0. The van der Waals surface area contributed by atoms with Crippen LogP contribution in [0, 0.1) is 5.82 Å². The SMILES string of the molecule is CCC(CC(N)=NO)NC(=O)c1cccc(F)c1. The van der Waals surface area contributed by atoms with Crippen molar-refractivity contribution in [2.75, 3.05) is 0 Å². The number of benzene rings is 1. The molecular formula is C12H16FN3O2. The number of carbonyl (C=O) groups is 1. The minimum atomic E-state index is -0.466. The Labute approximate surface area is 104 Å². The van der Waals surface area contributed by atoms with E-state index >= 15 is 0 Å². The highest BCUT2D eigenvalue weighted by Gasteiger charge is 2.14. The van der Waals surface area contributed by atoms with Crippen molar-refractivity contribution in [3.8, 4) is 0 Å². The number of nitrogens with one attached hydrogen (secondary N) is 1. The molecule has 18 heavy (non-hydrogen) atoms. The molecule has 0 heterocycles. The maximum atomic E-state index is 13.0. The van der Waals surface area contributed by atoms with Gasteiger partial charge in [0.1, 0.15) is 11.7 Å². The third kappa shape index (κ3) is 4.04. The van der Waals surface area contributed by atoms with Crippen molar-refractivity contribution in [1.29, 1.82) is 0 Å². The molecule has 1 atom stereocenters. The first-order valence-corrected chi connectivity index (χ1v) is 5.59. The quantitative estimate of drug-likeness (QED) is 0.321. The minimum absolute atomic E-state index is 0.0430. The lowest BCUT2D eigenvalue weighted by Gasteiger charge is -2.16. The van der Waals surface area contributed by atoms with E-state index in [0.29, 0.717) is 6.42 Å². The number of rotatable bonds is 5. The molecule has 0 fully saturated rings. The van der Waals surface area contributed by atoms with Crippen molar-refractivity contribution >= 4 is 11.7 Å². The largest absolute Gasteiger partial charge is 0.409 e. The van der Waals surface area contributed by atoms with Gasteiger partial charge in [-0.05, 0) is 24.6 Å². The van der Waals surface area contributed by atoms with Crippen molar-refractivity contribution in [2.24, 2.45) is 10.9 Å². The van der Waals surface area contributed by atoms with E-state index in [4.69, 9.17) is 10.9 Å². The number of hydrogen-bond donors (Lipinski definition) is 3. The average Bonchev–Trinajstić information content (AvgIpc) is 2.37. The van der Waals surface area contributed by atoms with Crippen LogP contribution < -0.4 is 11.1 Å². The van der Waals surface area contributed by atoms with Gasteiger partial charge in [0.15, 0.2) is 0 Å². The van der Waals surface area contributed by atoms with Gasteiger partial charge >= 0.3 is 0 Å². The fourth-order valence-corrected chi connectivity index (χ4v) is 1.49. The van der Waals surface area contributed by atoms with E-state index in [9.17, 15) is 9.18 Å². The summed E-state index contributed by atoms with van der Waals surface area (Å²) < 4.78 is 13.0. The molecule has 0 aliphatic carbocycles. The van der Waals surface area contributed by atoms with Crippen LogP contribution in [0.2, 0.25) is 0 Å². The van der Waals surface area contributed by atoms with Gasteiger partial charge in [-0.15, -0.1) is 0 Å². The zero-order valence-electron chi connectivity index (χ0n) is 10.1. The number of amidine groups is 1. The smallest absolute Gasteiger partial charge is 0.251 e. The maximum Gasteiger partial charge on any atom is 0.251 e. The number of hydrogen-bond acceptors (Lipinski definition) is 3. The molecule has 6 heteroatoms. The van der Waals surface area contributed by atoms with Crippen LogP contribution in [0.1, 0.15) is 30.1 Å². The Morgan fingerprint density at radius 2 is 2.33 bits per heavy atom. The van der Waals surface area contributed by atoms with Crippen molar-refractivity contribution in [2.45, 2.75) is 25.8 Å². The number of nitrogens with zero attached hydrogens (tertiary/aromatic N) is 1. The predicted octanol–water partition coefficient (Wildman–Crippen LogP) is 1.47. The molecule has 0 saturated heterocycles. The van der Waals surface area contributed by atoms with E-state index < -0.39 is 5.82 Å². The molecule has 0 saturated carbocycles. The second kappa shape index (κ2) is 6.58. The summed E-state index contributed by atoms with van der Waals surface area (Å²) in [6, 6.07) is 5.16. The summed E-state index contributed by atoms with van der Waals surface area (Å²) in [4.78, 5) is 11.8. The second-order valence-corrected chi connectivity index (χ2v) is 3.88. The van der Waals surface area contributed by atoms with Gasteiger partial charge < -0.3 is 16.3 Å². The summed E-state index contributed by atoms with van der Waals surface area (Å²) in [6.07, 6.45) is 0.866. The molecule has 5 nitrogen and oxygen atoms in total. The normalized spacial score (nSPS) is 13.1. The van der Waals surface area contributed by atoms with Gasteiger partial charge in [-0.25, -0.2) is 4.39 Å². The molecule has 98 valence electrons. The Morgan fingerprint density at radius 3 is 2.89 bits per heavy atom. The van der Waals surface area contributed by atoms with E-state index in [1.54, 1.807) is 0 Å². The van der Waals surface area contributed by atoms with Crippen molar-refractivity contribution in [3.63, 3.8) is 0 Å². The van der Waals surface area contributed by atoms with E-state index in [1.807, 2.05) is 6.92 Å². The van der Waals surface area contributed by atoms with Crippen molar-refractivity contribution in [1.82, 2.24) is 5.32 Å². The zero-order chi connectivity index (χ0) is 13.5. The zero-order valence-corrected chi connectivity index (χ0v) is 10.1. The first-order valence-electron chi connectivity index (χ1n) is 5.59. The molecule has 0 radical (unpaired) electrons. The van der Waals surface area contributed by atoms with E-state index in [-0.39, 0.29) is 29.8 Å². The van der Waals surface area contributed by atoms with E-state index in [2.05, 4.69) is 10.5 Å². The highest BCUT2D eigenvalue weighted by molar-refractivity contribution is 5.94. The van der Waals surface area contributed by atoms with Crippen LogP contribution in [0.25, 0.3) is 0 Å². The minimum Gasteiger partial charge on any atom is -0.409 e. The third-order valence-electron chi connectivity index (χ3n) is 2.50. The number of amides is 1. The molecule has 1 rings (SSSR count). The van der Waals surface area contributed by atoms with Gasteiger partial charge in [-0.3, -0.25) is 4.79 Å². The Balaban J connectivity index is 2.68. The number of carbonyl (C=O) groups excluding carboxylic acids is 1. The van der Waals surface area contributed by atoms with Crippen LogP contribution in [-0.2, 0) is 0 Å². The van der Waals surface area contributed by atoms with Gasteiger partial charge in [-0.2, -0.15) is 0 Å². The van der Waals surface area contributed by atoms with Crippen molar-refractivity contribution < 1.29 is 14.4 Å². The fraction of sp³-hybridized carbons (Fsp3) is 0.333. The fourth-order valence-electron chi connectivity index (χ4n) is 1.49. The van der Waals surface area contributed by atoms with Crippen LogP contribution in [-0.4, -0.2) is 23.0 Å². The molecular weight excluding hydrogens is 237 g/mol. The van der Waals surface area contributed by atoms with Gasteiger partial charge in [0.25, 0.3) is 5.91 Å². The number of oxime groups is 1. The summed E-state index contributed by atoms with van der Waals surface area (Å²) in [5.41, 5.74) is 5.62. The lowest BCUT2D eigenvalue weighted by molar-refractivity contribution is 0.0936.